The van der Waals surface area contributed by atoms with Crippen molar-refractivity contribution >= 4 is 17.6 Å². The molecule has 13 nitrogen and oxygen atoms in total. The van der Waals surface area contributed by atoms with E-state index in [4.69, 9.17) is 4.74 Å². The van der Waals surface area contributed by atoms with Gasteiger partial charge in [-0.25, -0.2) is 14.6 Å². The van der Waals surface area contributed by atoms with Crippen LogP contribution in [0, 0.1) is 25.7 Å². The van der Waals surface area contributed by atoms with Crippen molar-refractivity contribution in [3.8, 4) is 22.7 Å². The molecule has 358 valence electrons. The Morgan fingerprint density at radius 2 is 1.44 bits per heavy atom. The van der Waals surface area contributed by atoms with Crippen molar-refractivity contribution in [2.45, 2.75) is 83.7 Å². The molecule has 19 heteroatoms. The quantitative estimate of drug-likeness (QED) is 0.112. The lowest BCUT2D eigenvalue weighted by molar-refractivity contribution is -0.138. The molecule has 0 spiro atoms. The highest BCUT2D eigenvalue weighted by Gasteiger charge is 2.38. The molecule has 0 saturated carbocycles. The fourth-order valence-corrected chi connectivity index (χ4v) is 9.28. The first-order valence-electron chi connectivity index (χ1n) is 22.6. The van der Waals surface area contributed by atoms with Crippen LogP contribution in [0.4, 0.5) is 32.2 Å². The van der Waals surface area contributed by atoms with Crippen molar-refractivity contribution in [3.63, 3.8) is 0 Å². The first-order valence-corrected chi connectivity index (χ1v) is 22.6. The Hall–Kier alpha value is -6.79. The van der Waals surface area contributed by atoms with Gasteiger partial charge in [0.1, 0.15) is 12.4 Å². The zero-order chi connectivity index (χ0) is 48.3. The lowest BCUT2D eigenvalue weighted by atomic mass is 9.84. The molecular formula is C49H52F6N10O3. The molecule has 4 atom stereocenters. The second-order valence-electron chi connectivity index (χ2n) is 17.8. The summed E-state index contributed by atoms with van der Waals surface area (Å²) in [5, 5.41) is 16.4. The van der Waals surface area contributed by atoms with E-state index in [2.05, 4.69) is 37.6 Å². The first-order chi connectivity index (χ1) is 32.4. The van der Waals surface area contributed by atoms with Crippen LogP contribution in [-0.2, 0) is 25.8 Å². The minimum atomic E-state index is -4.56. The number of amides is 2. The molecule has 2 saturated heterocycles. The van der Waals surface area contributed by atoms with Gasteiger partial charge >= 0.3 is 12.4 Å². The number of carbonyl (C=O) groups is 2. The highest BCUT2D eigenvalue weighted by atomic mass is 19.4. The Bertz CT molecular complexity index is 2720. The maximum Gasteiger partial charge on any atom is 0.417 e. The van der Waals surface area contributed by atoms with Crippen molar-refractivity contribution < 1.29 is 40.7 Å². The van der Waals surface area contributed by atoms with Crippen LogP contribution in [0.1, 0.15) is 87.7 Å². The number of halogens is 6. The summed E-state index contributed by atoms with van der Waals surface area (Å²) in [5.74, 6) is -0.153. The highest BCUT2D eigenvalue weighted by molar-refractivity contribution is 6.01. The van der Waals surface area contributed by atoms with Gasteiger partial charge in [0.2, 0.25) is 5.88 Å². The van der Waals surface area contributed by atoms with E-state index in [1.165, 1.54) is 12.1 Å². The summed E-state index contributed by atoms with van der Waals surface area (Å²) in [7, 11) is 1.80. The summed E-state index contributed by atoms with van der Waals surface area (Å²) >= 11 is 0. The van der Waals surface area contributed by atoms with E-state index in [0.29, 0.717) is 54.9 Å². The highest BCUT2D eigenvalue weighted by Crippen LogP contribution is 2.35. The summed E-state index contributed by atoms with van der Waals surface area (Å²) < 4.78 is 88.9. The molecule has 4 unspecified atom stereocenters. The lowest BCUT2D eigenvalue weighted by Gasteiger charge is -2.41. The van der Waals surface area contributed by atoms with E-state index in [1.807, 2.05) is 61.3 Å². The van der Waals surface area contributed by atoms with E-state index in [-0.39, 0.29) is 54.5 Å². The van der Waals surface area contributed by atoms with Gasteiger partial charge in [0, 0.05) is 62.5 Å². The van der Waals surface area contributed by atoms with Gasteiger partial charge in [-0.05, 0) is 106 Å². The first kappa shape index (κ1) is 47.7. The summed E-state index contributed by atoms with van der Waals surface area (Å²) in [6.07, 6.45) is 1.90. The van der Waals surface area contributed by atoms with Crippen LogP contribution in [0.25, 0.3) is 16.8 Å². The summed E-state index contributed by atoms with van der Waals surface area (Å²) in [5.41, 5.74) is 3.62. The number of benzene rings is 2. The minimum absolute atomic E-state index is 0.00507. The molecule has 0 bridgehead atoms. The fraction of sp³-hybridized carbons (Fsp3) is 0.408. The largest absolute Gasteiger partial charge is 0.475 e. The van der Waals surface area contributed by atoms with Crippen molar-refractivity contribution in [2.24, 2.45) is 18.9 Å². The third-order valence-electron chi connectivity index (χ3n) is 13.0. The summed E-state index contributed by atoms with van der Waals surface area (Å²) in [6, 6.07) is 14.8. The topological polar surface area (TPSA) is 136 Å². The number of aryl methyl sites for hydroxylation is 4. The zero-order valence-electron chi connectivity index (χ0n) is 38.1. The average molecular weight is 943 g/mol. The van der Waals surface area contributed by atoms with Crippen LogP contribution >= 0.6 is 0 Å². The number of hydrogen-bond donors (Lipinski definition) is 1. The molecule has 8 rings (SSSR count). The Morgan fingerprint density at radius 1 is 0.779 bits per heavy atom. The molecule has 2 fully saturated rings. The number of piperidine rings is 2. The van der Waals surface area contributed by atoms with Gasteiger partial charge in [-0.2, -0.15) is 31.4 Å². The van der Waals surface area contributed by atoms with Crippen molar-refractivity contribution in [3.05, 3.63) is 131 Å². The van der Waals surface area contributed by atoms with Gasteiger partial charge in [-0.3, -0.25) is 14.3 Å². The van der Waals surface area contributed by atoms with Gasteiger partial charge in [0.25, 0.3) is 11.8 Å². The summed E-state index contributed by atoms with van der Waals surface area (Å²) in [6.45, 7) is 7.05. The smallest absolute Gasteiger partial charge is 0.417 e. The number of likely N-dealkylation sites (tertiary alicyclic amines) is 2. The second kappa shape index (κ2) is 19.8. The maximum atomic E-state index is 14.7. The minimum Gasteiger partial charge on any atom is -0.475 e. The van der Waals surface area contributed by atoms with E-state index in [1.54, 1.807) is 33.7 Å². The molecule has 2 aliphatic rings. The number of rotatable bonds is 13. The van der Waals surface area contributed by atoms with E-state index >= 15 is 0 Å². The van der Waals surface area contributed by atoms with Gasteiger partial charge in [0.15, 0.2) is 0 Å². The number of hydrogen-bond acceptors (Lipinski definition) is 9. The number of alkyl halides is 6. The third kappa shape index (κ3) is 10.8. The van der Waals surface area contributed by atoms with Crippen molar-refractivity contribution in [1.29, 1.82) is 0 Å². The number of nitrogens with one attached hydrogen (secondary N) is 1. The third-order valence-corrected chi connectivity index (χ3v) is 13.0. The molecule has 6 heterocycles. The molecule has 2 aliphatic heterocycles. The molecule has 6 aromatic rings. The predicted molar refractivity (Wildman–Crippen MR) is 241 cm³/mol. The summed E-state index contributed by atoms with van der Waals surface area (Å²) in [4.78, 5) is 40.8. The molecule has 2 amide bonds. The lowest BCUT2D eigenvalue weighted by Crippen LogP contribution is -2.51. The number of nitrogens with zero attached hydrogens (tertiary/aromatic N) is 9. The van der Waals surface area contributed by atoms with Crippen LogP contribution in [0.3, 0.4) is 0 Å². The number of ether oxygens (including phenoxy) is 1. The molecule has 1 N–H and O–H groups in total. The second-order valence-corrected chi connectivity index (χ2v) is 17.8. The molecule has 68 heavy (non-hydrogen) atoms. The van der Waals surface area contributed by atoms with E-state index in [9.17, 15) is 35.9 Å². The monoisotopic (exact) mass is 942 g/mol. The van der Waals surface area contributed by atoms with Gasteiger partial charge in [0.05, 0.1) is 52.5 Å². The SMILES string of the molecule is Cc1ccc(-c2cnn(C)c2)c(C(=O)N2CCCC(CCc3cn(-c4ccc(C)cc4C(=O)N4CCCC(C)C4CNc4ccc(C(F)(F)F)cn4)nn3)C2COc2ccc(C(F)(F)F)cn2)c1. The van der Waals surface area contributed by atoms with Crippen molar-refractivity contribution in [2.75, 3.05) is 31.6 Å². The Morgan fingerprint density at radius 3 is 2.10 bits per heavy atom. The van der Waals surface area contributed by atoms with E-state index < -0.39 is 29.5 Å². The number of anilines is 1. The van der Waals surface area contributed by atoms with Gasteiger partial charge in [-0.15, -0.1) is 5.10 Å². The maximum absolute atomic E-state index is 14.7. The molecule has 2 aromatic carbocycles. The number of carbonyl (C=O) groups excluding carboxylic acids is 2. The molecule has 0 radical (unpaired) electrons. The predicted octanol–water partition coefficient (Wildman–Crippen LogP) is 9.40. The van der Waals surface area contributed by atoms with Crippen LogP contribution < -0.4 is 10.1 Å². The van der Waals surface area contributed by atoms with Crippen LogP contribution in [0.15, 0.2) is 91.6 Å². The van der Waals surface area contributed by atoms with Crippen LogP contribution in [0.5, 0.6) is 5.88 Å². The standard InChI is InChI=1S/C49H52F6N10O3/c1-30-9-15-38(34-23-59-62(4)27-34)39(21-30)46(66)64-20-6-8-33(43(64)29-68-45-18-13-36(25-58-45)49(53,54)55)11-14-37-28-65(61-60-37)41-16-10-31(2)22-40(41)47(67)63-19-5-7-32(3)42(63)26-57-44-17-12-35(24-56-44)48(50,51)52/h9-10,12-13,15-18,21-25,27-28,32-33,42-43H,5-8,11,14,19-20,26,29H2,1-4H3,(H,56,57). The number of pyridine rings is 2. The van der Waals surface area contributed by atoms with Crippen molar-refractivity contribution in [1.82, 2.24) is 44.5 Å². The zero-order valence-corrected chi connectivity index (χ0v) is 38.1. The normalized spacial score (nSPS) is 19.0. The fourth-order valence-electron chi connectivity index (χ4n) is 9.28. The van der Waals surface area contributed by atoms with Crippen LogP contribution in [-0.4, -0.2) is 94.7 Å². The van der Waals surface area contributed by atoms with Gasteiger partial charge < -0.3 is 19.9 Å². The molecular weight excluding hydrogens is 891 g/mol. The molecule has 0 aliphatic carbocycles. The van der Waals surface area contributed by atoms with Crippen LogP contribution in [0.2, 0.25) is 0 Å². The average Bonchev–Trinajstić information content (AvgIpc) is 3.98. The number of aromatic nitrogens is 7. The molecule has 4 aromatic heterocycles. The van der Waals surface area contributed by atoms with E-state index in [0.717, 1.165) is 66.0 Å². The Balaban J connectivity index is 1.01. The Kier molecular flexibility index (Phi) is 13.9. The Labute approximate surface area is 389 Å². The van der Waals surface area contributed by atoms with Gasteiger partial charge in [-0.1, -0.05) is 41.5 Å².